The molecule has 76 valence electrons. The summed E-state index contributed by atoms with van der Waals surface area (Å²) in [6.45, 7) is 4.16. The number of fused-ring (bicyclic) bond motifs is 1. The zero-order valence-electron chi connectivity index (χ0n) is 9.14. The van der Waals surface area contributed by atoms with E-state index in [1.807, 2.05) is 6.21 Å². The van der Waals surface area contributed by atoms with Crippen LogP contribution in [0.4, 0.5) is 0 Å². The van der Waals surface area contributed by atoms with Gasteiger partial charge in [-0.2, -0.15) is 0 Å². The van der Waals surface area contributed by atoms with Crippen LogP contribution in [0.2, 0.25) is 0 Å². The van der Waals surface area contributed by atoms with Crippen molar-refractivity contribution in [3.8, 4) is 0 Å². The van der Waals surface area contributed by atoms with E-state index < -0.39 is 0 Å². The minimum atomic E-state index is 0.358. The number of aliphatic imine (C=N–C) groups is 1. The Hall–Kier alpha value is -1.63. The van der Waals surface area contributed by atoms with Crippen LogP contribution in [-0.4, -0.2) is 12.3 Å². The van der Waals surface area contributed by atoms with Crippen molar-refractivity contribution in [2.75, 3.05) is 0 Å². The van der Waals surface area contributed by atoms with Gasteiger partial charge in [0.1, 0.15) is 0 Å². The first-order chi connectivity index (χ1) is 7.25. The van der Waals surface area contributed by atoms with E-state index in [1.54, 1.807) is 0 Å². The first kappa shape index (κ1) is 9.91. The third-order valence-electron chi connectivity index (χ3n) is 2.30. The number of rotatable bonds is 2. The highest BCUT2D eigenvalue weighted by Crippen LogP contribution is 2.14. The first-order valence-electron chi connectivity index (χ1n) is 5.28. The molecule has 0 aliphatic heterocycles. The van der Waals surface area contributed by atoms with Gasteiger partial charge in [0.25, 0.3) is 0 Å². The first-order valence-corrected chi connectivity index (χ1v) is 5.28. The molecule has 1 heteroatoms. The number of nitrogens with zero attached hydrogens (tertiary/aromatic N) is 1. The minimum Gasteiger partial charge on any atom is -0.290 e. The molecular formula is C14H15N. The van der Waals surface area contributed by atoms with Crippen LogP contribution in [0.15, 0.2) is 47.5 Å². The predicted molar refractivity (Wildman–Crippen MR) is 66.7 cm³/mol. The second-order valence-corrected chi connectivity index (χ2v) is 3.98. The van der Waals surface area contributed by atoms with Crippen molar-refractivity contribution >= 4 is 17.0 Å². The Morgan fingerprint density at radius 1 is 1.00 bits per heavy atom. The van der Waals surface area contributed by atoms with E-state index in [2.05, 4.69) is 61.3 Å². The van der Waals surface area contributed by atoms with Crippen LogP contribution in [0, 0.1) is 0 Å². The molecule has 0 atom stereocenters. The molecule has 2 aromatic carbocycles. The highest BCUT2D eigenvalue weighted by atomic mass is 14.7. The molecule has 0 spiro atoms. The van der Waals surface area contributed by atoms with E-state index in [0.29, 0.717) is 6.04 Å². The summed E-state index contributed by atoms with van der Waals surface area (Å²) in [5.41, 5.74) is 1.17. The Bertz CT molecular complexity index is 483. The van der Waals surface area contributed by atoms with Crippen molar-refractivity contribution in [3.05, 3.63) is 48.0 Å². The summed E-state index contributed by atoms with van der Waals surface area (Å²) in [6.07, 6.45) is 1.94. The van der Waals surface area contributed by atoms with Crippen LogP contribution in [0.25, 0.3) is 10.8 Å². The van der Waals surface area contributed by atoms with Crippen LogP contribution in [-0.2, 0) is 0 Å². The van der Waals surface area contributed by atoms with Gasteiger partial charge in [-0.1, -0.05) is 36.4 Å². The maximum atomic E-state index is 4.38. The molecule has 2 aromatic rings. The maximum absolute atomic E-state index is 4.38. The second-order valence-electron chi connectivity index (χ2n) is 3.98. The molecule has 0 saturated heterocycles. The van der Waals surface area contributed by atoms with Gasteiger partial charge in [0.05, 0.1) is 0 Å². The van der Waals surface area contributed by atoms with E-state index in [-0.39, 0.29) is 0 Å². The van der Waals surface area contributed by atoms with Crippen LogP contribution >= 0.6 is 0 Å². The molecule has 0 N–H and O–H groups in total. The monoisotopic (exact) mass is 197 g/mol. The smallest absolute Gasteiger partial charge is 0.0443 e. The molecular weight excluding hydrogens is 182 g/mol. The van der Waals surface area contributed by atoms with Crippen molar-refractivity contribution in [1.82, 2.24) is 0 Å². The zero-order chi connectivity index (χ0) is 10.7. The van der Waals surface area contributed by atoms with Crippen molar-refractivity contribution in [3.63, 3.8) is 0 Å². The fourth-order valence-corrected chi connectivity index (χ4v) is 1.52. The zero-order valence-corrected chi connectivity index (χ0v) is 9.14. The second kappa shape index (κ2) is 4.26. The van der Waals surface area contributed by atoms with E-state index in [1.165, 1.54) is 16.3 Å². The maximum Gasteiger partial charge on any atom is 0.0443 e. The lowest BCUT2D eigenvalue weighted by Crippen LogP contribution is -1.90. The normalized spacial score (nSPS) is 11.7. The van der Waals surface area contributed by atoms with Crippen molar-refractivity contribution in [2.24, 2.45) is 4.99 Å². The van der Waals surface area contributed by atoms with Gasteiger partial charge in [-0.15, -0.1) is 0 Å². The number of hydrogen-bond acceptors (Lipinski definition) is 1. The predicted octanol–water partition coefficient (Wildman–Crippen LogP) is 3.67. The quantitative estimate of drug-likeness (QED) is 0.651. The summed E-state index contributed by atoms with van der Waals surface area (Å²) in [5.74, 6) is 0. The molecule has 0 aliphatic rings. The Kier molecular flexibility index (Phi) is 2.82. The molecule has 2 rings (SSSR count). The van der Waals surface area contributed by atoms with E-state index >= 15 is 0 Å². The average Bonchev–Trinajstić information content (AvgIpc) is 2.26. The molecule has 0 heterocycles. The molecule has 0 bridgehead atoms. The van der Waals surface area contributed by atoms with Gasteiger partial charge in [0, 0.05) is 12.3 Å². The lowest BCUT2D eigenvalue weighted by atomic mass is 10.1. The summed E-state index contributed by atoms with van der Waals surface area (Å²) >= 11 is 0. The number of benzene rings is 2. The fourth-order valence-electron chi connectivity index (χ4n) is 1.52. The molecule has 0 aliphatic carbocycles. The van der Waals surface area contributed by atoms with Crippen LogP contribution < -0.4 is 0 Å². The topological polar surface area (TPSA) is 12.4 Å². The summed E-state index contributed by atoms with van der Waals surface area (Å²) < 4.78 is 0. The van der Waals surface area contributed by atoms with E-state index in [4.69, 9.17) is 0 Å². The molecule has 0 unspecified atom stereocenters. The van der Waals surface area contributed by atoms with Crippen molar-refractivity contribution in [2.45, 2.75) is 19.9 Å². The minimum absolute atomic E-state index is 0.358. The number of hydrogen-bond donors (Lipinski definition) is 0. The summed E-state index contributed by atoms with van der Waals surface area (Å²) in [5, 5.41) is 2.55. The SMILES string of the molecule is CC(C)N=Cc1ccc2ccccc2c1. The van der Waals surface area contributed by atoms with Crippen LogP contribution in [0.1, 0.15) is 19.4 Å². The van der Waals surface area contributed by atoms with Gasteiger partial charge < -0.3 is 0 Å². The molecule has 0 radical (unpaired) electrons. The summed E-state index contributed by atoms with van der Waals surface area (Å²) in [4.78, 5) is 4.38. The van der Waals surface area contributed by atoms with E-state index in [0.717, 1.165) is 0 Å². The Balaban J connectivity index is 2.39. The highest BCUT2D eigenvalue weighted by Gasteiger charge is 1.93. The molecule has 0 fully saturated rings. The average molecular weight is 197 g/mol. The molecule has 15 heavy (non-hydrogen) atoms. The van der Waals surface area contributed by atoms with Gasteiger partial charge in [-0.3, -0.25) is 4.99 Å². The van der Waals surface area contributed by atoms with Crippen LogP contribution in [0.3, 0.4) is 0 Å². The van der Waals surface area contributed by atoms with Crippen molar-refractivity contribution in [1.29, 1.82) is 0 Å². The summed E-state index contributed by atoms with van der Waals surface area (Å²) in [7, 11) is 0. The van der Waals surface area contributed by atoms with Gasteiger partial charge in [-0.05, 0) is 36.2 Å². The molecule has 0 saturated carbocycles. The van der Waals surface area contributed by atoms with Gasteiger partial charge in [0.2, 0.25) is 0 Å². The van der Waals surface area contributed by atoms with Crippen LogP contribution in [0.5, 0.6) is 0 Å². The van der Waals surface area contributed by atoms with Gasteiger partial charge in [0.15, 0.2) is 0 Å². The molecule has 0 amide bonds. The fraction of sp³-hybridized carbons (Fsp3) is 0.214. The third kappa shape index (κ3) is 2.44. The van der Waals surface area contributed by atoms with Gasteiger partial charge >= 0.3 is 0 Å². The van der Waals surface area contributed by atoms with Gasteiger partial charge in [-0.25, -0.2) is 0 Å². The Labute approximate surface area is 90.5 Å². The lowest BCUT2D eigenvalue weighted by Gasteiger charge is -1.99. The third-order valence-corrected chi connectivity index (χ3v) is 2.30. The van der Waals surface area contributed by atoms with E-state index in [9.17, 15) is 0 Å². The largest absolute Gasteiger partial charge is 0.290 e. The Morgan fingerprint density at radius 3 is 2.47 bits per heavy atom. The van der Waals surface area contributed by atoms with Crippen molar-refractivity contribution < 1.29 is 0 Å². The molecule has 0 aromatic heterocycles. The highest BCUT2D eigenvalue weighted by molar-refractivity contribution is 5.90. The standard InChI is InChI=1S/C14H15N/c1-11(2)15-10-12-7-8-13-5-3-4-6-14(13)9-12/h3-11H,1-2H3. The lowest BCUT2D eigenvalue weighted by molar-refractivity contribution is 0.841. The summed E-state index contributed by atoms with van der Waals surface area (Å²) in [6, 6.07) is 15.1. The molecule has 1 nitrogen and oxygen atoms in total. The Morgan fingerprint density at radius 2 is 1.73 bits per heavy atom.